The number of methoxy groups -OCH3 is 1. The highest BCUT2D eigenvalue weighted by Gasteiger charge is 2.37. The second-order valence-electron chi connectivity index (χ2n) is 14.9. The third-order valence-electron chi connectivity index (χ3n) is 10.9. The summed E-state index contributed by atoms with van der Waals surface area (Å²) in [5.74, 6) is 0.568. The van der Waals surface area contributed by atoms with Crippen molar-refractivity contribution in [2.45, 2.75) is 84.7 Å². The van der Waals surface area contributed by atoms with Gasteiger partial charge in [-0.2, -0.15) is 12.7 Å². The van der Waals surface area contributed by atoms with E-state index < -0.39 is 22.3 Å². The number of hydrogen-bond acceptors (Lipinski definition) is 10. The molecule has 2 atom stereocenters. The van der Waals surface area contributed by atoms with Crippen LogP contribution < -0.4 is 13.7 Å². The van der Waals surface area contributed by atoms with Crippen molar-refractivity contribution in [2.24, 2.45) is 0 Å². The lowest BCUT2D eigenvalue weighted by atomic mass is 9.84. The van der Waals surface area contributed by atoms with E-state index in [0.717, 1.165) is 59.1 Å². The number of ether oxygens (including phenoxy) is 4. The van der Waals surface area contributed by atoms with E-state index in [-0.39, 0.29) is 31.3 Å². The Kier molecular flexibility index (Phi) is 13.8. The summed E-state index contributed by atoms with van der Waals surface area (Å²) < 4.78 is 59.5. The summed E-state index contributed by atoms with van der Waals surface area (Å²) in [4.78, 5) is 13.2. The van der Waals surface area contributed by atoms with Crippen molar-refractivity contribution in [2.75, 3.05) is 20.3 Å². The molecule has 0 saturated heterocycles. The molecule has 1 aliphatic rings. The lowest BCUT2D eigenvalue weighted by Gasteiger charge is -2.33. The summed E-state index contributed by atoms with van der Waals surface area (Å²) in [6, 6.07) is 34.1. The largest absolute Gasteiger partial charge is 0.496 e. The zero-order valence-electron chi connectivity index (χ0n) is 34.6. The van der Waals surface area contributed by atoms with Crippen LogP contribution in [0.4, 0.5) is 0 Å². The molecular formula is C47H52N4O8S. The van der Waals surface area contributed by atoms with E-state index >= 15 is 0 Å². The van der Waals surface area contributed by atoms with Gasteiger partial charge in [0.1, 0.15) is 29.4 Å². The molecule has 1 aliphatic heterocycles. The molecule has 5 aromatic carbocycles. The van der Waals surface area contributed by atoms with Crippen LogP contribution in [0.1, 0.15) is 90.4 Å². The first-order chi connectivity index (χ1) is 29.1. The molecule has 2 unspecified atom stereocenters. The number of nitrogens with zero attached hydrogens (tertiary/aromatic N) is 4. The normalized spacial score (nSPS) is 14.5. The monoisotopic (exact) mass is 832 g/mol. The lowest BCUT2D eigenvalue weighted by molar-refractivity contribution is -0.143. The maximum Gasteiger partial charge on any atom is 0.386 e. The first-order valence-corrected chi connectivity index (χ1v) is 21.8. The molecule has 0 radical (unpaired) electrons. The molecule has 0 aliphatic carbocycles. The van der Waals surface area contributed by atoms with E-state index in [1.165, 1.54) is 9.87 Å². The molecule has 2 heterocycles. The van der Waals surface area contributed by atoms with E-state index in [1.54, 1.807) is 33.1 Å². The molecule has 0 fully saturated rings. The smallest absolute Gasteiger partial charge is 0.386 e. The number of esters is 1. The number of aromatic nitrogens is 3. The maximum absolute atomic E-state index is 13.7. The molecule has 0 spiro atoms. The summed E-state index contributed by atoms with van der Waals surface area (Å²) in [7, 11) is -2.65. The van der Waals surface area contributed by atoms with E-state index in [1.807, 2.05) is 96.5 Å². The van der Waals surface area contributed by atoms with Gasteiger partial charge < -0.3 is 23.1 Å². The molecule has 13 heteroatoms. The summed E-state index contributed by atoms with van der Waals surface area (Å²) in [5, 5.41) is 9.10. The van der Waals surface area contributed by atoms with Crippen molar-refractivity contribution in [3.8, 4) is 17.2 Å². The molecular weight excluding hydrogens is 781 g/mol. The molecule has 0 amide bonds. The zero-order chi connectivity index (χ0) is 42.1. The van der Waals surface area contributed by atoms with Crippen molar-refractivity contribution < 1.29 is 36.3 Å². The van der Waals surface area contributed by atoms with E-state index in [9.17, 15) is 13.2 Å². The van der Waals surface area contributed by atoms with Crippen LogP contribution in [-0.2, 0) is 50.9 Å². The molecule has 6 aromatic rings. The van der Waals surface area contributed by atoms with E-state index in [0.29, 0.717) is 42.4 Å². The fourth-order valence-corrected chi connectivity index (χ4v) is 8.99. The lowest BCUT2D eigenvalue weighted by Crippen LogP contribution is -2.39. The van der Waals surface area contributed by atoms with Crippen LogP contribution in [0, 0.1) is 6.92 Å². The SMILES string of the molecule is CCOC(=O)CC(c1ccc(OC)c(C(C)N2Cc3cc(OCc4ccccc4)ccc3OS2(=O)=O)c1)c1ccc2c(nnn2CCCCCOCc2ccccc2)c1C. The number of fused-ring (bicyclic) bond motifs is 2. The standard InChI is InChI=1S/C47H52N4O8S/c1-5-57-46(52)29-42(40-21-22-43-47(33(40)2)48-49-50(43)25-13-8-14-26-56-31-35-15-9-6-10-16-35)37-19-23-45(55-4)41(28-37)34(3)51-30-38-27-39(20-24-44(38)59-60(51,53)54)58-32-36-17-11-7-12-18-36/h6-7,9-12,15-24,27-28,34,42H,5,8,13-14,25-26,29-32H2,1-4H3. The molecule has 0 saturated carbocycles. The molecule has 0 N–H and O–H groups in total. The third-order valence-corrected chi connectivity index (χ3v) is 12.3. The van der Waals surface area contributed by atoms with Gasteiger partial charge in [-0.3, -0.25) is 4.79 Å². The molecule has 314 valence electrons. The van der Waals surface area contributed by atoms with Crippen LogP contribution in [0.3, 0.4) is 0 Å². The van der Waals surface area contributed by atoms with Gasteiger partial charge in [0.15, 0.2) is 0 Å². The van der Waals surface area contributed by atoms with Crippen LogP contribution in [0.25, 0.3) is 11.0 Å². The minimum absolute atomic E-state index is 0.0501. The fourth-order valence-electron chi connectivity index (χ4n) is 7.71. The van der Waals surface area contributed by atoms with Crippen LogP contribution in [0.5, 0.6) is 17.2 Å². The highest BCUT2D eigenvalue weighted by atomic mass is 32.2. The van der Waals surface area contributed by atoms with Crippen LogP contribution >= 0.6 is 0 Å². The maximum atomic E-state index is 13.7. The highest BCUT2D eigenvalue weighted by molar-refractivity contribution is 7.84. The Balaban J connectivity index is 1.10. The summed E-state index contributed by atoms with van der Waals surface area (Å²) in [6.45, 7) is 8.28. The van der Waals surface area contributed by atoms with Crippen LogP contribution in [0.15, 0.2) is 109 Å². The Morgan fingerprint density at radius 1 is 0.867 bits per heavy atom. The Morgan fingerprint density at radius 2 is 1.62 bits per heavy atom. The van der Waals surface area contributed by atoms with Gasteiger partial charge in [0.25, 0.3) is 0 Å². The summed E-state index contributed by atoms with van der Waals surface area (Å²) in [5.41, 5.74) is 7.74. The molecule has 7 rings (SSSR count). The second kappa shape index (κ2) is 19.5. The number of carbonyl (C=O) groups excluding carboxylic acids is 1. The van der Waals surface area contributed by atoms with Gasteiger partial charge in [-0.1, -0.05) is 78.0 Å². The number of hydrogen-bond donors (Lipinski definition) is 0. The van der Waals surface area contributed by atoms with Crippen LogP contribution in [0.2, 0.25) is 0 Å². The third kappa shape index (κ3) is 9.98. The number of unbranched alkanes of at least 4 members (excludes halogenated alkanes) is 2. The van der Waals surface area contributed by atoms with Crippen LogP contribution in [-0.4, -0.2) is 54.0 Å². The van der Waals surface area contributed by atoms with Gasteiger partial charge in [0.2, 0.25) is 0 Å². The predicted molar refractivity (Wildman–Crippen MR) is 229 cm³/mol. The number of carbonyl (C=O) groups is 1. The van der Waals surface area contributed by atoms with Gasteiger partial charge in [-0.25, -0.2) is 4.68 Å². The Morgan fingerprint density at radius 3 is 2.35 bits per heavy atom. The van der Waals surface area contributed by atoms with Crippen molar-refractivity contribution in [1.29, 1.82) is 0 Å². The quantitative estimate of drug-likeness (QED) is 0.0576. The first kappa shape index (κ1) is 42.4. The number of rotatable bonds is 19. The van der Waals surface area contributed by atoms with Gasteiger partial charge in [0.05, 0.1) is 38.3 Å². The number of aryl methyl sites for hydroxylation is 2. The van der Waals surface area contributed by atoms with E-state index in [2.05, 4.69) is 22.4 Å². The molecule has 1 aromatic heterocycles. The topological polar surface area (TPSA) is 131 Å². The van der Waals surface area contributed by atoms with Gasteiger partial charge in [0, 0.05) is 36.7 Å². The van der Waals surface area contributed by atoms with Crippen molar-refractivity contribution >= 4 is 27.3 Å². The number of benzene rings is 5. The highest BCUT2D eigenvalue weighted by Crippen LogP contribution is 2.42. The average molecular weight is 833 g/mol. The minimum atomic E-state index is -4.20. The second-order valence-corrected chi connectivity index (χ2v) is 16.4. The molecule has 0 bridgehead atoms. The zero-order valence-corrected chi connectivity index (χ0v) is 35.4. The van der Waals surface area contributed by atoms with Crippen molar-refractivity contribution in [3.05, 3.63) is 148 Å². The minimum Gasteiger partial charge on any atom is -0.496 e. The van der Waals surface area contributed by atoms with E-state index in [4.69, 9.17) is 23.1 Å². The first-order valence-electron chi connectivity index (χ1n) is 20.4. The van der Waals surface area contributed by atoms with Crippen molar-refractivity contribution in [1.82, 2.24) is 19.3 Å². The average Bonchev–Trinajstić information content (AvgIpc) is 3.68. The fraction of sp³-hybridized carbons (Fsp3) is 0.340. The Hall–Kier alpha value is -5.76. The van der Waals surface area contributed by atoms with Crippen molar-refractivity contribution in [3.63, 3.8) is 0 Å². The molecule has 12 nitrogen and oxygen atoms in total. The Labute approximate surface area is 352 Å². The van der Waals surface area contributed by atoms with Gasteiger partial charge in [-0.15, -0.1) is 5.10 Å². The summed E-state index contributed by atoms with van der Waals surface area (Å²) in [6.07, 6.45) is 2.94. The predicted octanol–water partition coefficient (Wildman–Crippen LogP) is 9.00. The Bertz CT molecular complexity index is 2490. The molecule has 60 heavy (non-hydrogen) atoms. The van der Waals surface area contributed by atoms with Gasteiger partial charge in [-0.05, 0) is 104 Å². The summed E-state index contributed by atoms with van der Waals surface area (Å²) >= 11 is 0. The van der Waals surface area contributed by atoms with Gasteiger partial charge >= 0.3 is 16.3 Å².